The van der Waals surface area contributed by atoms with Gasteiger partial charge in [0.2, 0.25) is 15.9 Å². The van der Waals surface area contributed by atoms with Gasteiger partial charge in [-0.25, -0.2) is 12.8 Å². The fraction of sp³-hybridized carbons (Fsp3) is 0.250. The van der Waals surface area contributed by atoms with Crippen LogP contribution in [-0.2, 0) is 21.2 Å². The quantitative estimate of drug-likeness (QED) is 0.813. The number of likely N-dealkylation sites (N-methyl/N-ethyl adjacent to an activating group) is 1. The molecule has 0 spiro atoms. The van der Waals surface area contributed by atoms with E-state index in [4.69, 9.17) is 0 Å². The lowest BCUT2D eigenvalue weighted by molar-refractivity contribution is -0.121. The number of sulfonamides is 1. The van der Waals surface area contributed by atoms with Crippen molar-refractivity contribution in [3.8, 4) is 0 Å². The summed E-state index contributed by atoms with van der Waals surface area (Å²) in [5.74, 6) is -0.942. The van der Waals surface area contributed by atoms with Crippen molar-refractivity contribution in [1.29, 1.82) is 0 Å². The standard InChI is InChI=1S/C16H18FN3O3S/c1-20(24(22,23)15-7-5-13(17)6-8-15)12-16(21)19-11-9-14-4-2-3-10-18-14/h2-8,10H,9,11-12H2,1H3,(H,19,21). The zero-order chi connectivity index (χ0) is 17.6. The van der Waals surface area contributed by atoms with Crippen LogP contribution in [0.25, 0.3) is 0 Å². The maximum Gasteiger partial charge on any atom is 0.243 e. The third-order valence-electron chi connectivity index (χ3n) is 3.32. The normalized spacial score (nSPS) is 11.5. The molecule has 0 saturated heterocycles. The molecule has 0 bridgehead atoms. The minimum absolute atomic E-state index is 0.0623. The molecule has 0 aliphatic rings. The van der Waals surface area contributed by atoms with E-state index in [1.807, 2.05) is 12.1 Å². The Labute approximate surface area is 140 Å². The Hall–Kier alpha value is -2.32. The van der Waals surface area contributed by atoms with Gasteiger partial charge in [-0.05, 0) is 36.4 Å². The van der Waals surface area contributed by atoms with Crippen molar-refractivity contribution < 1.29 is 17.6 Å². The van der Waals surface area contributed by atoms with Gasteiger partial charge in [-0.15, -0.1) is 0 Å². The summed E-state index contributed by atoms with van der Waals surface area (Å²) in [6.45, 7) is 0.0439. The van der Waals surface area contributed by atoms with E-state index in [2.05, 4.69) is 10.3 Å². The second-order valence-corrected chi connectivity index (χ2v) is 7.18. The third kappa shape index (κ3) is 4.84. The lowest BCUT2D eigenvalue weighted by atomic mass is 10.3. The number of benzene rings is 1. The molecule has 0 atom stereocenters. The van der Waals surface area contributed by atoms with Gasteiger partial charge in [-0.2, -0.15) is 4.31 Å². The van der Waals surface area contributed by atoms with Crippen LogP contribution in [0.4, 0.5) is 4.39 Å². The first-order chi connectivity index (χ1) is 11.4. The molecular formula is C16H18FN3O3S. The van der Waals surface area contributed by atoms with Gasteiger partial charge in [0.15, 0.2) is 0 Å². The number of pyridine rings is 1. The Balaban J connectivity index is 1.87. The number of halogens is 1. The van der Waals surface area contributed by atoms with Crippen LogP contribution in [0.5, 0.6) is 0 Å². The van der Waals surface area contributed by atoms with Gasteiger partial charge in [-0.3, -0.25) is 9.78 Å². The van der Waals surface area contributed by atoms with Crippen LogP contribution in [0.1, 0.15) is 5.69 Å². The second-order valence-electron chi connectivity index (χ2n) is 5.14. The molecule has 0 aliphatic carbocycles. The molecule has 0 aliphatic heterocycles. The number of carbonyl (C=O) groups excluding carboxylic acids is 1. The maximum absolute atomic E-state index is 12.9. The van der Waals surface area contributed by atoms with Gasteiger partial charge in [0, 0.05) is 31.9 Å². The van der Waals surface area contributed by atoms with Gasteiger partial charge in [0.1, 0.15) is 5.82 Å². The highest BCUT2D eigenvalue weighted by Crippen LogP contribution is 2.14. The highest BCUT2D eigenvalue weighted by molar-refractivity contribution is 7.89. The van der Waals surface area contributed by atoms with E-state index < -0.39 is 21.7 Å². The van der Waals surface area contributed by atoms with Crippen LogP contribution in [0, 0.1) is 5.82 Å². The lowest BCUT2D eigenvalue weighted by Gasteiger charge is -2.16. The average molecular weight is 351 g/mol. The number of nitrogens with one attached hydrogen (secondary N) is 1. The summed E-state index contributed by atoms with van der Waals surface area (Å²) in [6.07, 6.45) is 2.22. The van der Waals surface area contributed by atoms with Crippen LogP contribution in [-0.4, -0.2) is 43.8 Å². The minimum atomic E-state index is -3.83. The fourth-order valence-corrected chi connectivity index (χ4v) is 3.13. The van der Waals surface area contributed by atoms with E-state index >= 15 is 0 Å². The molecule has 0 unspecified atom stereocenters. The Bertz CT molecular complexity index is 780. The molecule has 1 amide bonds. The highest BCUT2D eigenvalue weighted by atomic mass is 32.2. The molecule has 1 aromatic carbocycles. The summed E-state index contributed by atoms with van der Waals surface area (Å²) >= 11 is 0. The summed E-state index contributed by atoms with van der Waals surface area (Å²) < 4.78 is 38.4. The SMILES string of the molecule is CN(CC(=O)NCCc1ccccn1)S(=O)(=O)c1ccc(F)cc1. The average Bonchev–Trinajstić information content (AvgIpc) is 2.56. The molecule has 2 rings (SSSR count). The maximum atomic E-state index is 12.9. The van der Waals surface area contributed by atoms with Gasteiger partial charge in [0.05, 0.1) is 11.4 Å². The predicted molar refractivity (Wildman–Crippen MR) is 87.2 cm³/mol. The van der Waals surface area contributed by atoms with E-state index in [1.165, 1.54) is 19.2 Å². The first-order valence-electron chi connectivity index (χ1n) is 7.28. The Morgan fingerprint density at radius 2 is 1.92 bits per heavy atom. The zero-order valence-electron chi connectivity index (χ0n) is 13.1. The number of nitrogens with zero attached hydrogens (tertiary/aromatic N) is 2. The number of aromatic nitrogens is 1. The monoisotopic (exact) mass is 351 g/mol. The topological polar surface area (TPSA) is 79.4 Å². The number of hydrogen-bond donors (Lipinski definition) is 1. The Morgan fingerprint density at radius 1 is 1.21 bits per heavy atom. The van der Waals surface area contributed by atoms with E-state index in [1.54, 1.807) is 12.3 Å². The van der Waals surface area contributed by atoms with Crippen molar-refractivity contribution in [3.05, 3.63) is 60.2 Å². The van der Waals surface area contributed by atoms with Gasteiger partial charge < -0.3 is 5.32 Å². The molecule has 1 aromatic heterocycles. The van der Waals surface area contributed by atoms with Crippen molar-refractivity contribution in [2.24, 2.45) is 0 Å². The van der Waals surface area contributed by atoms with Crippen LogP contribution >= 0.6 is 0 Å². The van der Waals surface area contributed by atoms with Crippen LogP contribution in [0.15, 0.2) is 53.6 Å². The van der Waals surface area contributed by atoms with Gasteiger partial charge in [-0.1, -0.05) is 6.07 Å². The Kier molecular flexibility index (Phi) is 5.99. The van der Waals surface area contributed by atoms with Crippen LogP contribution < -0.4 is 5.32 Å². The summed E-state index contributed by atoms with van der Waals surface area (Å²) in [7, 11) is -2.53. The zero-order valence-corrected chi connectivity index (χ0v) is 14.0. The summed E-state index contributed by atoms with van der Waals surface area (Å²) in [4.78, 5) is 16.0. The van der Waals surface area contributed by atoms with Gasteiger partial charge >= 0.3 is 0 Å². The molecule has 8 heteroatoms. The lowest BCUT2D eigenvalue weighted by Crippen LogP contribution is -2.39. The fourth-order valence-electron chi connectivity index (χ4n) is 2.01. The van der Waals surface area contributed by atoms with E-state index in [-0.39, 0.29) is 11.4 Å². The van der Waals surface area contributed by atoms with E-state index in [0.29, 0.717) is 13.0 Å². The van der Waals surface area contributed by atoms with Crippen LogP contribution in [0.3, 0.4) is 0 Å². The number of amides is 1. The highest BCUT2D eigenvalue weighted by Gasteiger charge is 2.22. The molecule has 2 aromatic rings. The summed E-state index contributed by atoms with van der Waals surface area (Å²) in [5.41, 5.74) is 0.838. The summed E-state index contributed by atoms with van der Waals surface area (Å²) in [5, 5.41) is 2.65. The molecule has 1 N–H and O–H groups in total. The Morgan fingerprint density at radius 3 is 2.54 bits per heavy atom. The molecule has 24 heavy (non-hydrogen) atoms. The van der Waals surface area contributed by atoms with Crippen LogP contribution in [0.2, 0.25) is 0 Å². The molecule has 0 saturated carbocycles. The molecule has 128 valence electrons. The first-order valence-corrected chi connectivity index (χ1v) is 8.72. The van der Waals surface area contributed by atoms with Crippen molar-refractivity contribution >= 4 is 15.9 Å². The molecule has 0 fully saturated rings. The molecule has 0 radical (unpaired) electrons. The first kappa shape index (κ1) is 18.0. The van der Waals surface area contributed by atoms with Crippen molar-refractivity contribution in [2.45, 2.75) is 11.3 Å². The number of rotatable bonds is 7. The molecular weight excluding hydrogens is 333 g/mol. The summed E-state index contributed by atoms with van der Waals surface area (Å²) in [6, 6.07) is 9.96. The van der Waals surface area contributed by atoms with Crippen molar-refractivity contribution in [2.75, 3.05) is 20.1 Å². The third-order valence-corrected chi connectivity index (χ3v) is 5.14. The smallest absolute Gasteiger partial charge is 0.243 e. The van der Waals surface area contributed by atoms with Crippen molar-refractivity contribution in [3.63, 3.8) is 0 Å². The van der Waals surface area contributed by atoms with E-state index in [9.17, 15) is 17.6 Å². The molecule has 6 nitrogen and oxygen atoms in total. The predicted octanol–water partition coefficient (Wildman–Crippen LogP) is 1.20. The second kappa shape index (κ2) is 7.98. The van der Waals surface area contributed by atoms with Gasteiger partial charge in [0.25, 0.3) is 0 Å². The number of hydrogen-bond acceptors (Lipinski definition) is 4. The van der Waals surface area contributed by atoms with Crippen molar-refractivity contribution in [1.82, 2.24) is 14.6 Å². The number of carbonyl (C=O) groups is 1. The minimum Gasteiger partial charge on any atom is -0.355 e. The molecule has 1 heterocycles. The largest absolute Gasteiger partial charge is 0.355 e. The van der Waals surface area contributed by atoms with E-state index in [0.717, 1.165) is 22.1 Å².